The molecule has 0 amide bonds. The van der Waals surface area contributed by atoms with Gasteiger partial charge < -0.3 is 19.9 Å². The molecule has 7 nitrogen and oxygen atoms in total. The fourth-order valence-corrected chi connectivity index (χ4v) is 3.11. The number of aryl methyl sites for hydroxylation is 2. The lowest BCUT2D eigenvalue weighted by atomic mass is 10.1. The molecule has 2 aromatic carbocycles. The second kappa shape index (κ2) is 12.4. The molecule has 0 aliphatic heterocycles. The number of hydrogen-bond donors (Lipinski definition) is 2. The molecule has 172 valence electrons. The smallest absolute Gasteiger partial charge is 0.192 e. The van der Waals surface area contributed by atoms with Crippen molar-refractivity contribution in [3.63, 3.8) is 0 Å². The fraction of sp³-hybridized carbons (Fsp3) is 0.375. The second-order valence-electron chi connectivity index (χ2n) is 7.74. The lowest BCUT2D eigenvalue weighted by Crippen LogP contribution is -2.43. The van der Waals surface area contributed by atoms with E-state index in [9.17, 15) is 0 Å². The van der Waals surface area contributed by atoms with Gasteiger partial charge in [0.1, 0.15) is 24.2 Å². The summed E-state index contributed by atoms with van der Waals surface area (Å²) < 4.78 is 8.05. The van der Waals surface area contributed by atoms with Crippen LogP contribution < -0.4 is 15.4 Å². The summed E-state index contributed by atoms with van der Waals surface area (Å²) >= 11 is 0. The molecule has 0 radical (unpaired) electrons. The first-order valence-electron chi connectivity index (χ1n) is 10.6. The third kappa shape index (κ3) is 7.22. The maximum Gasteiger partial charge on any atom is 0.192 e. The third-order valence-corrected chi connectivity index (χ3v) is 5.19. The molecule has 0 spiro atoms. The maximum atomic E-state index is 6.10. The predicted molar refractivity (Wildman–Crippen MR) is 140 cm³/mol. The van der Waals surface area contributed by atoms with Crippen LogP contribution in [0.5, 0.6) is 5.75 Å². The molecule has 8 heteroatoms. The molecule has 2 N–H and O–H groups in total. The van der Waals surface area contributed by atoms with Crippen molar-refractivity contribution in [3.8, 4) is 5.75 Å². The number of aromatic nitrogens is 3. The number of guanidine groups is 1. The van der Waals surface area contributed by atoms with E-state index >= 15 is 0 Å². The summed E-state index contributed by atoms with van der Waals surface area (Å²) in [6.45, 7) is 9.19. The Hall–Kier alpha value is -2.62. The summed E-state index contributed by atoms with van der Waals surface area (Å²) in [5.41, 5.74) is 2.31. The largest absolute Gasteiger partial charge is 0.489 e. The Labute approximate surface area is 207 Å². The van der Waals surface area contributed by atoms with Crippen LogP contribution in [0, 0.1) is 13.8 Å². The first-order valence-corrected chi connectivity index (χ1v) is 10.6. The van der Waals surface area contributed by atoms with Crippen LogP contribution in [0.4, 0.5) is 0 Å². The predicted octanol–water partition coefficient (Wildman–Crippen LogP) is 4.31. The molecule has 0 aliphatic carbocycles. The van der Waals surface area contributed by atoms with E-state index in [0.29, 0.717) is 19.0 Å². The van der Waals surface area contributed by atoms with Crippen LogP contribution in [0.25, 0.3) is 0 Å². The first-order chi connectivity index (χ1) is 14.9. The van der Waals surface area contributed by atoms with Crippen molar-refractivity contribution < 1.29 is 4.74 Å². The van der Waals surface area contributed by atoms with Gasteiger partial charge in [0.15, 0.2) is 11.8 Å². The molecule has 0 saturated carbocycles. The van der Waals surface area contributed by atoms with Crippen LogP contribution in [0.15, 0.2) is 59.6 Å². The van der Waals surface area contributed by atoms with Crippen LogP contribution >= 0.6 is 24.0 Å². The summed E-state index contributed by atoms with van der Waals surface area (Å²) in [4.78, 5) is 4.75. The quantitative estimate of drug-likeness (QED) is 0.249. The molecule has 0 aliphatic rings. The van der Waals surface area contributed by atoms with E-state index in [-0.39, 0.29) is 36.1 Å². The van der Waals surface area contributed by atoms with Gasteiger partial charge in [0, 0.05) is 7.05 Å². The third-order valence-electron chi connectivity index (χ3n) is 5.19. The average Bonchev–Trinajstić information content (AvgIpc) is 3.10. The molecule has 2 unspecified atom stereocenters. The van der Waals surface area contributed by atoms with Crippen molar-refractivity contribution in [2.75, 3.05) is 6.54 Å². The van der Waals surface area contributed by atoms with E-state index in [1.54, 1.807) is 0 Å². The zero-order chi connectivity index (χ0) is 22.2. The van der Waals surface area contributed by atoms with Crippen LogP contribution in [0.2, 0.25) is 0 Å². The number of halogens is 1. The van der Waals surface area contributed by atoms with E-state index < -0.39 is 0 Å². The molecular formula is C24H33IN6O. The molecule has 32 heavy (non-hydrogen) atoms. The van der Waals surface area contributed by atoms with E-state index in [1.807, 2.05) is 74.9 Å². The van der Waals surface area contributed by atoms with Gasteiger partial charge in [0.05, 0.1) is 12.6 Å². The highest BCUT2D eigenvalue weighted by atomic mass is 127. The summed E-state index contributed by atoms with van der Waals surface area (Å²) in [6.07, 6.45) is -0.0304. The zero-order valence-electron chi connectivity index (χ0n) is 19.4. The van der Waals surface area contributed by atoms with Gasteiger partial charge in [-0.2, -0.15) is 0 Å². The lowest BCUT2D eigenvalue weighted by molar-refractivity contribution is 0.222. The summed E-state index contributed by atoms with van der Waals surface area (Å²) in [7, 11) is 1.95. The molecule has 1 aromatic heterocycles. The minimum absolute atomic E-state index is 0. The molecule has 0 bridgehead atoms. The van der Waals surface area contributed by atoms with Crippen LogP contribution in [0.1, 0.15) is 42.7 Å². The summed E-state index contributed by atoms with van der Waals surface area (Å²) in [5, 5.41) is 15.2. The first kappa shape index (κ1) is 25.6. The van der Waals surface area contributed by atoms with Gasteiger partial charge in [-0.1, -0.05) is 48.5 Å². The number of ether oxygens (including phenoxy) is 1. The Morgan fingerprint density at radius 3 is 2.38 bits per heavy atom. The lowest BCUT2D eigenvalue weighted by Gasteiger charge is -2.21. The number of rotatable bonds is 8. The van der Waals surface area contributed by atoms with Crippen LogP contribution in [-0.2, 0) is 13.6 Å². The van der Waals surface area contributed by atoms with Gasteiger partial charge in [-0.15, -0.1) is 34.2 Å². The Kier molecular flexibility index (Phi) is 9.96. The van der Waals surface area contributed by atoms with Gasteiger partial charge >= 0.3 is 0 Å². The van der Waals surface area contributed by atoms with Crippen molar-refractivity contribution in [3.05, 3.63) is 77.4 Å². The molecule has 3 rings (SSSR count). The normalized spacial score (nSPS) is 13.1. The Morgan fingerprint density at radius 1 is 1.03 bits per heavy atom. The second-order valence-corrected chi connectivity index (χ2v) is 7.74. The molecule has 2 atom stereocenters. The summed E-state index contributed by atoms with van der Waals surface area (Å²) in [6, 6.07) is 18.4. The monoisotopic (exact) mass is 548 g/mol. The topological polar surface area (TPSA) is 76.4 Å². The standard InChI is InChI=1S/C24H32N6O.HI/c1-17-11-9-10-14-22(17)31-18(2)15-25-24(26-16-23-29-28-20(4)30(23)5)27-19(3)21-12-7-6-8-13-21;/h6-14,18-19H,15-16H2,1-5H3,(H2,25,26,27);1H. The van der Waals surface area contributed by atoms with Gasteiger partial charge in [-0.05, 0) is 44.9 Å². The zero-order valence-corrected chi connectivity index (χ0v) is 21.7. The number of hydrogen-bond acceptors (Lipinski definition) is 4. The number of para-hydroxylation sites is 1. The molecular weight excluding hydrogens is 515 g/mol. The average molecular weight is 548 g/mol. The number of aliphatic imine (C=N–C) groups is 1. The van der Waals surface area contributed by atoms with Crippen molar-refractivity contribution >= 4 is 29.9 Å². The van der Waals surface area contributed by atoms with E-state index in [2.05, 4.69) is 39.9 Å². The summed E-state index contributed by atoms with van der Waals surface area (Å²) in [5.74, 6) is 3.29. The highest BCUT2D eigenvalue weighted by molar-refractivity contribution is 14.0. The Balaban J connectivity index is 0.00000363. The number of nitrogens with zero attached hydrogens (tertiary/aromatic N) is 4. The minimum atomic E-state index is -0.0304. The highest BCUT2D eigenvalue weighted by Gasteiger charge is 2.12. The highest BCUT2D eigenvalue weighted by Crippen LogP contribution is 2.17. The number of benzene rings is 2. The molecule has 0 fully saturated rings. The Bertz CT molecular complexity index is 1000. The van der Waals surface area contributed by atoms with Gasteiger partial charge in [0.2, 0.25) is 0 Å². The molecule has 1 heterocycles. The van der Waals surface area contributed by atoms with Crippen molar-refractivity contribution in [2.45, 2.75) is 46.4 Å². The fourth-order valence-electron chi connectivity index (χ4n) is 3.11. The van der Waals surface area contributed by atoms with Crippen LogP contribution in [0.3, 0.4) is 0 Å². The van der Waals surface area contributed by atoms with Crippen molar-refractivity contribution in [1.29, 1.82) is 0 Å². The van der Waals surface area contributed by atoms with E-state index in [1.165, 1.54) is 5.56 Å². The molecule has 0 saturated heterocycles. The van der Waals surface area contributed by atoms with Gasteiger partial charge in [0.25, 0.3) is 0 Å². The van der Waals surface area contributed by atoms with Crippen molar-refractivity contribution in [1.82, 2.24) is 25.4 Å². The minimum Gasteiger partial charge on any atom is -0.489 e. The maximum absolute atomic E-state index is 6.10. The van der Waals surface area contributed by atoms with Crippen LogP contribution in [-0.4, -0.2) is 33.4 Å². The number of nitrogens with one attached hydrogen (secondary N) is 2. The Morgan fingerprint density at radius 2 is 1.72 bits per heavy atom. The van der Waals surface area contributed by atoms with Gasteiger partial charge in [-0.3, -0.25) is 0 Å². The molecule has 3 aromatic rings. The van der Waals surface area contributed by atoms with Gasteiger partial charge in [-0.25, -0.2) is 4.99 Å². The van der Waals surface area contributed by atoms with Crippen molar-refractivity contribution in [2.24, 2.45) is 12.0 Å². The van der Waals surface area contributed by atoms with E-state index in [0.717, 1.165) is 23.0 Å². The SMILES string of the molecule is Cc1ccccc1OC(C)CNC(=NCc1nnc(C)n1C)NC(C)c1ccccc1.I. The van der Waals surface area contributed by atoms with E-state index in [4.69, 9.17) is 9.73 Å².